The van der Waals surface area contributed by atoms with Gasteiger partial charge in [0.2, 0.25) is 0 Å². The molecule has 1 aliphatic rings. The van der Waals surface area contributed by atoms with Gasteiger partial charge in [0, 0.05) is 39.0 Å². The molecule has 0 radical (unpaired) electrons. The van der Waals surface area contributed by atoms with Crippen LogP contribution >= 0.6 is 0 Å². The van der Waals surface area contributed by atoms with Gasteiger partial charge in [-0.25, -0.2) is 4.98 Å². The molecule has 0 fully saturated rings. The van der Waals surface area contributed by atoms with Crippen LogP contribution in [0.15, 0.2) is 12.4 Å². The van der Waals surface area contributed by atoms with Gasteiger partial charge in [0.1, 0.15) is 11.6 Å². The molecule has 2 aromatic heterocycles. The molecule has 0 unspecified atom stereocenters. The summed E-state index contributed by atoms with van der Waals surface area (Å²) in [7, 11) is 1.71. The molecule has 0 atom stereocenters. The highest BCUT2D eigenvalue weighted by atomic mass is 16.5. The lowest BCUT2D eigenvalue weighted by Gasteiger charge is -2.15. The van der Waals surface area contributed by atoms with E-state index < -0.39 is 0 Å². The van der Waals surface area contributed by atoms with Crippen molar-refractivity contribution in [3.63, 3.8) is 0 Å². The molecular weight excluding hydrogens is 268 g/mol. The van der Waals surface area contributed by atoms with Crippen LogP contribution in [0.5, 0.6) is 0 Å². The maximum Gasteiger partial charge on any atom is 0.153 e. The average molecular weight is 290 g/mol. The summed E-state index contributed by atoms with van der Waals surface area (Å²) in [4.78, 5) is 4.41. The van der Waals surface area contributed by atoms with Crippen LogP contribution in [0.3, 0.4) is 0 Å². The van der Waals surface area contributed by atoms with Crippen LogP contribution in [0.4, 0.5) is 0 Å². The monoisotopic (exact) mass is 290 g/mol. The van der Waals surface area contributed by atoms with Crippen molar-refractivity contribution in [1.29, 1.82) is 0 Å². The molecule has 0 saturated carbocycles. The van der Waals surface area contributed by atoms with Gasteiger partial charge in [-0.3, -0.25) is 0 Å². The van der Waals surface area contributed by atoms with Crippen LogP contribution in [0.1, 0.15) is 30.3 Å². The standard InChI is InChI=1S/C14H22N6O/c1-21-9-6-15-10-13-16-5-8-19(13)11-14-18-17-12-4-2-3-7-20(12)14/h5,8,15H,2-4,6-7,9-11H2,1H3. The predicted octanol–water partition coefficient (Wildman–Crippen LogP) is 0.595. The summed E-state index contributed by atoms with van der Waals surface area (Å²) in [5.74, 6) is 3.16. The van der Waals surface area contributed by atoms with E-state index in [1.165, 1.54) is 12.8 Å². The van der Waals surface area contributed by atoms with Crippen molar-refractivity contribution in [2.75, 3.05) is 20.3 Å². The smallest absolute Gasteiger partial charge is 0.153 e. The minimum absolute atomic E-state index is 0.707. The first-order chi connectivity index (χ1) is 10.4. The van der Waals surface area contributed by atoms with Crippen molar-refractivity contribution in [3.05, 3.63) is 29.9 Å². The fraction of sp³-hybridized carbons (Fsp3) is 0.643. The summed E-state index contributed by atoms with van der Waals surface area (Å²) in [5, 5.41) is 12.0. The summed E-state index contributed by atoms with van der Waals surface area (Å²) >= 11 is 0. The molecule has 0 aromatic carbocycles. The molecule has 0 spiro atoms. The van der Waals surface area contributed by atoms with E-state index in [0.717, 1.165) is 50.1 Å². The molecule has 3 rings (SSSR count). The Morgan fingerprint density at radius 3 is 3.14 bits per heavy atom. The number of ether oxygens (including phenoxy) is 1. The summed E-state index contributed by atoms with van der Waals surface area (Å²) in [6.45, 7) is 4.03. The zero-order valence-electron chi connectivity index (χ0n) is 12.5. The van der Waals surface area contributed by atoms with E-state index in [1.54, 1.807) is 7.11 Å². The maximum absolute atomic E-state index is 5.03. The Bertz CT molecular complexity index is 576. The molecule has 3 heterocycles. The quantitative estimate of drug-likeness (QED) is 0.756. The average Bonchev–Trinajstić information content (AvgIpc) is 3.12. The van der Waals surface area contributed by atoms with Gasteiger partial charge >= 0.3 is 0 Å². The Kier molecular flexibility index (Phi) is 4.62. The number of imidazole rings is 1. The van der Waals surface area contributed by atoms with Gasteiger partial charge < -0.3 is 19.2 Å². The normalized spacial score (nSPS) is 14.3. The van der Waals surface area contributed by atoms with Crippen LogP contribution in [-0.4, -0.2) is 44.6 Å². The number of nitrogens with zero attached hydrogens (tertiary/aromatic N) is 5. The lowest BCUT2D eigenvalue weighted by atomic mass is 10.2. The van der Waals surface area contributed by atoms with E-state index in [2.05, 4.69) is 29.6 Å². The van der Waals surface area contributed by atoms with E-state index in [9.17, 15) is 0 Å². The van der Waals surface area contributed by atoms with Crippen molar-refractivity contribution in [2.45, 2.75) is 38.9 Å². The molecule has 0 aliphatic carbocycles. The van der Waals surface area contributed by atoms with E-state index in [1.807, 2.05) is 12.4 Å². The van der Waals surface area contributed by atoms with Crippen molar-refractivity contribution >= 4 is 0 Å². The lowest BCUT2D eigenvalue weighted by molar-refractivity contribution is 0.199. The number of aryl methyl sites for hydroxylation is 1. The first-order valence-electron chi connectivity index (χ1n) is 7.49. The number of hydrogen-bond donors (Lipinski definition) is 1. The molecule has 2 aromatic rings. The number of aromatic nitrogens is 5. The Hall–Kier alpha value is -1.73. The van der Waals surface area contributed by atoms with Gasteiger partial charge in [0.15, 0.2) is 5.82 Å². The fourth-order valence-electron chi connectivity index (χ4n) is 2.66. The molecule has 0 saturated heterocycles. The molecule has 7 nitrogen and oxygen atoms in total. The first kappa shape index (κ1) is 14.2. The summed E-state index contributed by atoms with van der Waals surface area (Å²) < 4.78 is 9.41. The van der Waals surface area contributed by atoms with Gasteiger partial charge in [-0.05, 0) is 12.8 Å². The Morgan fingerprint density at radius 1 is 1.29 bits per heavy atom. The van der Waals surface area contributed by atoms with E-state index in [4.69, 9.17) is 4.74 Å². The van der Waals surface area contributed by atoms with Crippen LogP contribution in [0, 0.1) is 0 Å². The molecule has 1 N–H and O–H groups in total. The Morgan fingerprint density at radius 2 is 2.24 bits per heavy atom. The predicted molar refractivity (Wildman–Crippen MR) is 77.9 cm³/mol. The molecule has 21 heavy (non-hydrogen) atoms. The lowest BCUT2D eigenvalue weighted by Crippen LogP contribution is -2.22. The summed E-state index contributed by atoms with van der Waals surface area (Å²) in [5.41, 5.74) is 0. The van der Waals surface area contributed by atoms with E-state index in [0.29, 0.717) is 6.61 Å². The molecule has 1 aliphatic heterocycles. The number of hydrogen-bond acceptors (Lipinski definition) is 5. The maximum atomic E-state index is 5.03. The van der Waals surface area contributed by atoms with Gasteiger partial charge in [0.25, 0.3) is 0 Å². The first-order valence-corrected chi connectivity index (χ1v) is 7.49. The SMILES string of the molecule is COCCNCc1nccn1Cc1nnc2n1CCCC2. The highest BCUT2D eigenvalue weighted by Crippen LogP contribution is 2.15. The molecule has 7 heteroatoms. The van der Waals surface area contributed by atoms with Crippen molar-refractivity contribution in [1.82, 2.24) is 29.6 Å². The molecule has 0 bridgehead atoms. The largest absolute Gasteiger partial charge is 0.383 e. The number of fused-ring (bicyclic) bond motifs is 1. The van der Waals surface area contributed by atoms with E-state index in [-0.39, 0.29) is 0 Å². The number of nitrogens with one attached hydrogen (secondary N) is 1. The molecule has 114 valence electrons. The van der Waals surface area contributed by atoms with Gasteiger partial charge in [-0.1, -0.05) is 0 Å². The van der Waals surface area contributed by atoms with Gasteiger partial charge in [-0.15, -0.1) is 10.2 Å². The molecular formula is C14H22N6O. The Labute approximate surface area is 124 Å². The van der Waals surface area contributed by atoms with Crippen molar-refractivity contribution < 1.29 is 4.74 Å². The highest BCUT2D eigenvalue weighted by Gasteiger charge is 2.16. The second kappa shape index (κ2) is 6.82. The van der Waals surface area contributed by atoms with Crippen LogP contribution < -0.4 is 5.32 Å². The Balaban J connectivity index is 1.65. The third-order valence-corrected chi connectivity index (χ3v) is 3.82. The second-order valence-electron chi connectivity index (χ2n) is 5.28. The number of methoxy groups -OCH3 is 1. The minimum Gasteiger partial charge on any atom is -0.383 e. The summed E-state index contributed by atoms with van der Waals surface area (Å²) in [6.07, 6.45) is 7.31. The third kappa shape index (κ3) is 3.30. The number of rotatable bonds is 7. The second-order valence-corrected chi connectivity index (χ2v) is 5.28. The fourth-order valence-corrected chi connectivity index (χ4v) is 2.66. The van der Waals surface area contributed by atoms with Crippen LogP contribution in [0.2, 0.25) is 0 Å². The third-order valence-electron chi connectivity index (χ3n) is 3.82. The van der Waals surface area contributed by atoms with Crippen molar-refractivity contribution in [3.8, 4) is 0 Å². The zero-order valence-corrected chi connectivity index (χ0v) is 12.5. The van der Waals surface area contributed by atoms with Crippen LogP contribution in [0.25, 0.3) is 0 Å². The minimum atomic E-state index is 0.707. The van der Waals surface area contributed by atoms with Crippen LogP contribution in [-0.2, 0) is 30.8 Å². The molecule has 0 amide bonds. The van der Waals surface area contributed by atoms with Gasteiger partial charge in [-0.2, -0.15) is 0 Å². The van der Waals surface area contributed by atoms with Crippen molar-refractivity contribution in [2.24, 2.45) is 0 Å². The van der Waals surface area contributed by atoms with E-state index >= 15 is 0 Å². The topological polar surface area (TPSA) is 69.8 Å². The summed E-state index contributed by atoms with van der Waals surface area (Å²) in [6, 6.07) is 0. The highest BCUT2D eigenvalue weighted by molar-refractivity contribution is 5.02. The van der Waals surface area contributed by atoms with Gasteiger partial charge in [0.05, 0.1) is 19.7 Å². The zero-order chi connectivity index (χ0) is 14.5.